The van der Waals surface area contributed by atoms with Crippen LogP contribution in [0.1, 0.15) is 19.4 Å². The van der Waals surface area contributed by atoms with Gasteiger partial charge in [0, 0.05) is 11.8 Å². The lowest BCUT2D eigenvalue weighted by Crippen LogP contribution is -2.11. The standard InChI is InChI=1S/C14H17NO2/c1-11(15)10-14(16)17-12(2)8-9-13-6-4-3-5-7-13/h3-10,12H,15H2,1-2H3. The third kappa shape index (κ3) is 5.56. The predicted molar refractivity (Wildman–Crippen MR) is 69.0 cm³/mol. The van der Waals surface area contributed by atoms with Gasteiger partial charge in [0.2, 0.25) is 0 Å². The summed E-state index contributed by atoms with van der Waals surface area (Å²) in [4.78, 5) is 11.3. The molecule has 0 saturated carbocycles. The first-order chi connectivity index (χ1) is 8.08. The summed E-state index contributed by atoms with van der Waals surface area (Å²) in [5.74, 6) is -0.421. The number of ether oxygens (including phenoxy) is 1. The minimum atomic E-state index is -0.421. The topological polar surface area (TPSA) is 52.3 Å². The molecular formula is C14H17NO2. The van der Waals surface area contributed by atoms with Crippen molar-refractivity contribution in [1.82, 2.24) is 0 Å². The molecule has 0 aliphatic heterocycles. The molecule has 0 spiro atoms. The average molecular weight is 231 g/mol. The van der Waals surface area contributed by atoms with E-state index in [1.54, 1.807) is 13.8 Å². The molecule has 0 bridgehead atoms. The molecule has 3 nitrogen and oxygen atoms in total. The van der Waals surface area contributed by atoms with Gasteiger partial charge in [-0.1, -0.05) is 36.4 Å². The van der Waals surface area contributed by atoms with E-state index in [0.717, 1.165) is 5.56 Å². The summed E-state index contributed by atoms with van der Waals surface area (Å²) in [6, 6.07) is 9.83. The summed E-state index contributed by atoms with van der Waals surface area (Å²) in [5.41, 5.74) is 6.89. The number of allylic oxidation sites excluding steroid dienone is 1. The van der Waals surface area contributed by atoms with Crippen LogP contribution in [-0.4, -0.2) is 12.1 Å². The second-order valence-corrected chi connectivity index (χ2v) is 3.80. The minimum Gasteiger partial charge on any atom is -0.455 e. The van der Waals surface area contributed by atoms with Gasteiger partial charge in [-0.25, -0.2) is 4.79 Å². The molecule has 0 radical (unpaired) electrons. The molecule has 3 heteroatoms. The molecule has 1 rings (SSSR count). The summed E-state index contributed by atoms with van der Waals surface area (Å²) < 4.78 is 5.10. The average Bonchev–Trinajstić information content (AvgIpc) is 2.26. The summed E-state index contributed by atoms with van der Waals surface area (Å²) >= 11 is 0. The first-order valence-electron chi connectivity index (χ1n) is 5.45. The van der Waals surface area contributed by atoms with Crippen molar-refractivity contribution in [2.75, 3.05) is 0 Å². The van der Waals surface area contributed by atoms with Crippen molar-refractivity contribution in [3.05, 3.63) is 53.7 Å². The van der Waals surface area contributed by atoms with Crippen molar-refractivity contribution < 1.29 is 9.53 Å². The van der Waals surface area contributed by atoms with Crippen molar-refractivity contribution in [1.29, 1.82) is 0 Å². The van der Waals surface area contributed by atoms with Crippen molar-refractivity contribution >= 4 is 12.0 Å². The van der Waals surface area contributed by atoms with Crippen molar-refractivity contribution in [2.24, 2.45) is 5.73 Å². The van der Waals surface area contributed by atoms with Crippen LogP contribution < -0.4 is 5.73 Å². The van der Waals surface area contributed by atoms with Crippen molar-refractivity contribution in [2.45, 2.75) is 20.0 Å². The Bertz CT molecular complexity index is 417. The number of benzene rings is 1. The van der Waals surface area contributed by atoms with Gasteiger partial charge >= 0.3 is 5.97 Å². The van der Waals surface area contributed by atoms with Gasteiger partial charge in [-0.15, -0.1) is 0 Å². The van der Waals surface area contributed by atoms with E-state index in [-0.39, 0.29) is 6.10 Å². The van der Waals surface area contributed by atoms with E-state index in [2.05, 4.69) is 0 Å². The first-order valence-corrected chi connectivity index (χ1v) is 5.45. The van der Waals surface area contributed by atoms with Gasteiger partial charge in [-0.3, -0.25) is 0 Å². The fourth-order valence-corrected chi connectivity index (χ4v) is 1.25. The summed E-state index contributed by atoms with van der Waals surface area (Å²) in [7, 11) is 0. The SMILES string of the molecule is CC(N)=CC(=O)OC(C)C=Cc1ccccc1. The Balaban J connectivity index is 2.50. The number of carbonyl (C=O) groups excluding carboxylic acids is 1. The number of rotatable bonds is 4. The Morgan fingerprint density at radius 1 is 1.35 bits per heavy atom. The van der Waals surface area contributed by atoms with Gasteiger partial charge in [0.05, 0.1) is 0 Å². The minimum absolute atomic E-state index is 0.279. The fraction of sp³-hybridized carbons (Fsp3) is 0.214. The Morgan fingerprint density at radius 3 is 2.59 bits per heavy atom. The predicted octanol–water partition coefficient (Wildman–Crippen LogP) is 2.49. The van der Waals surface area contributed by atoms with Crippen molar-refractivity contribution in [3.8, 4) is 0 Å². The Morgan fingerprint density at radius 2 is 2.00 bits per heavy atom. The highest BCUT2D eigenvalue weighted by Crippen LogP contribution is 2.04. The number of nitrogens with two attached hydrogens (primary N) is 1. The molecular weight excluding hydrogens is 214 g/mol. The lowest BCUT2D eigenvalue weighted by molar-refractivity contribution is -0.140. The third-order valence-corrected chi connectivity index (χ3v) is 2.01. The van der Waals surface area contributed by atoms with Crippen LogP contribution in [0.4, 0.5) is 0 Å². The summed E-state index contributed by atoms with van der Waals surface area (Å²) in [6.07, 6.45) is 4.73. The molecule has 0 fully saturated rings. The Kier molecular flexibility index (Phi) is 5.01. The third-order valence-electron chi connectivity index (χ3n) is 2.01. The van der Waals surface area contributed by atoms with Crippen LogP contribution in [0.3, 0.4) is 0 Å². The molecule has 0 aliphatic rings. The summed E-state index contributed by atoms with van der Waals surface area (Å²) in [5, 5.41) is 0. The van der Waals surface area contributed by atoms with Crippen LogP contribution >= 0.6 is 0 Å². The fourth-order valence-electron chi connectivity index (χ4n) is 1.25. The van der Waals surface area contributed by atoms with E-state index in [9.17, 15) is 4.79 Å². The lowest BCUT2D eigenvalue weighted by atomic mass is 10.2. The van der Waals surface area contributed by atoms with Gasteiger partial charge in [0.15, 0.2) is 0 Å². The van der Waals surface area contributed by atoms with Gasteiger partial charge in [0.25, 0.3) is 0 Å². The molecule has 90 valence electrons. The maximum atomic E-state index is 11.3. The number of carbonyl (C=O) groups is 1. The van der Waals surface area contributed by atoms with Crippen LogP contribution in [0.15, 0.2) is 48.2 Å². The zero-order valence-corrected chi connectivity index (χ0v) is 10.1. The Labute approximate surface area is 102 Å². The first kappa shape index (κ1) is 13.0. The van der Waals surface area contributed by atoms with Gasteiger partial charge in [-0.05, 0) is 25.5 Å². The molecule has 1 aromatic rings. The molecule has 0 aliphatic carbocycles. The van der Waals surface area contributed by atoms with Crippen LogP contribution in [-0.2, 0) is 9.53 Å². The van der Waals surface area contributed by atoms with Gasteiger partial charge in [-0.2, -0.15) is 0 Å². The van der Waals surface area contributed by atoms with Gasteiger partial charge < -0.3 is 10.5 Å². The van der Waals surface area contributed by atoms with E-state index < -0.39 is 5.97 Å². The Hall–Kier alpha value is -2.03. The second kappa shape index (κ2) is 6.53. The molecule has 0 saturated heterocycles. The molecule has 1 aromatic carbocycles. The highest BCUT2D eigenvalue weighted by atomic mass is 16.5. The molecule has 2 N–H and O–H groups in total. The van der Waals surface area contributed by atoms with E-state index in [0.29, 0.717) is 5.70 Å². The quantitative estimate of drug-likeness (QED) is 0.639. The lowest BCUT2D eigenvalue weighted by Gasteiger charge is -2.06. The highest BCUT2D eigenvalue weighted by Gasteiger charge is 2.03. The summed E-state index contributed by atoms with van der Waals surface area (Å²) in [6.45, 7) is 3.45. The van der Waals surface area contributed by atoms with Gasteiger partial charge in [0.1, 0.15) is 6.10 Å². The molecule has 0 aromatic heterocycles. The largest absolute Gasteiger partial charge is 0.455 e. The van der Waals surface area contributed by atoms with Crippen LogP contribution in [0.25, 0.3) is 6.08 Å². The van der Waals surface area contributed by atoms with E-state index in [1.807, 2.05) is 42.5 Å². The molecule has 1 unspecified atom stereocenters. The van der Waals surface area contributed by atoms with E-state index in [1.165, 1.54) is 6.08 Å². The van der Waals surface area contributed by atoms with Crippen LogP contribution in [0.5, 0.6) is 0 Å². The maximum Gasteiger partial charge on any atom is 0.333 e. The van der Waals surface area contributed by atoms with Crippen LogP contribution in [0, 0.1) is 0 Å². The normalized spacial score (nSPS) is 13.6. The molecule has 0 amide bonds. The second-order valence-electron chi connectivity index (χ2n) is 3.80. The maximum absolute atomic E-state index is 11.3. The smallest absolute Gasteiger partial charge is 0.333 e. The highest BCUT2D eigenvalue weighted by molar-refractivity contribution is 5.82. The zero-order chi connectivity index (χ0) is 12.7. The number of hydrogen-bond donors (Lipinski definition) is 1. The molecule has 0 heterocycles. The van der Waals surface area contributed by atoms with E-state index in [4.69, 9.17) is 10.5 Å². The molecule has 17 heavy (non-hydrogen) atoms. The van der Waals surface area contributed by atoms with Crippen molar-refractivity contribution in [3.63, 3.8) is 0 Å². The van der Waals surface area contributed by atoms with E-state index >= 15 is 0 Å². The van der Waals surface area contributed by atoms with Crippen LogP contribution in [0.2, 0.25) is 0 Å². The zero-order valence-electron chi connectivity index (χ0n) is 10.1. The number of esters is 1. The monoisotopic (exact) mass is 231 g/mol. The number of hydrogen-bond acceptors (Lipinski definition) is 3. The molecule has 1 atom stereocenters.